The predicted octanol–water partition coefficient (Wildman–Crippen LogP) is 10.7. The van der Waals surface area contributed by atoms with Gasteiger partial charge in [-0.2, -0.15) is 0 Å². The molecule has 9 nitrogen and oxygen atoms in total. The normalized spacial score (nSPS) is 20.4. The van der Waals surface area contributed by atoms with Crippen LogP contribution in [0.4, 0.5) is 0 Å². The van der Waals surface area contributed by atoms with Gasteiger partial charge in [0.1, 0.15) is 19.8 Å². The summed E-state index contributed by atoms with van der Waals surface area (Å²) in [6.07, 6.45) is 28.3. The fourth-order valence-corrected chi connectivity index (χ4v) is 7.63. The Bertz CT molecular complexity index is 1800. The molecular formula is C48H72NO8P. The first kappa shape index (κ1) is 50.6. The number of carbonyl (C=O) groups is 2. The molecule has 1 unspecified atom stereocenters. The van der Waals surface area contributed by atoms with E-state index < -0.39 is 39.1 Å². The molecule has 322 valence electrons. The fraction of sp³-hybridized carbons (Fsp3) is 0.542. The number of nitrogens with zero attached hydrogens (tertiary/aromatic N) is 1. The molecule has 2 aliphatic rings. The number of allylic oxidation sites excluding steroid dienone is 18. The number of phosphoric acid groups is 1. The van der Waals surface area contributed by atoms with Gasteiger partial charge >= 0.3 is 11.9 Å². The van der Waals surface area contributed by atoms with Crippen molar-refractivity contribution < 1.29 is 42.1 Å². The van der Waals surface area contributed by atoms with Gasteiger partial charge in [-0.1, -0.05) is 111 Å². The van der Waals surface area contributed by atoms with Crippen LogP contribution in [0.2, 0.25) is 0 Å². The summed E-state index contributed by atoms with van der Waals surface area (Å²) in [6, 6.07) is 0. The van der Waals surface area contributed by atoms with Gasteiger partial charge in [-0.25, -0.2) is 9.59 Å². The molecule has 2 rings (SSSR count). The third-order valence-corrected chi connectivity index (χ3v) is 11.3. The zero-order valence-corrected chi connectivity index (χ0v) is 38.6. The monoisotopic (exact) mass is 821 g/mol. The van der Waals surface area contributed by atoms with Gasteiger partial charge in [0.15, 0.2) is 6.10 Å². The van der Waals surface area contributed by atoms with Crippen molar-refractivity contribution in [2.45, 2.75) is 114 Å². The number of likely N-dealkylation sites (N-methyl/N-ethyl adjacent to an activating group) is 1. The smallest absolute Gasteiger partial charge is 0.331 e. The Morgan fingerprint density at radius 2 is 1.19 bits per heavy atom. The van der Waals surface area contributed by atoms with Crippen LogP contribution in [0.15, 0.2) is 117 Å². The van der Waals surface area contributed by atoms with Crippen molar-refractivity contribution >= 4 is 19.8 Å². The van der Waals surface area contributed by atoms with E-state index >= 15 is 0 Å². The van der Waals surface area contributed by atoms with Crippen molar-refractivity contribution in [1.82, 2.24) is 0 Å². The highest BCUT2D eigenvalue weighted by atomic mass is 31.2. The van der Waals surface area contributed by atoms with Crippen molar-refractivity contribution in [3.8, 4) is 0 Å². The molecule has 0 saturated carbocycles. The van der Waals surface area contributed by atoms with Crippen molar-refractivity contribution in [3.63, 3.8) is 0 Å². The number of rotatable bonds is 20. The molecule has 10 heteroatoms. The zero-order valence-electron chi connectivity index (χ0n) is 37.7. The second-order valence-corrected chi connectivity index (χ2v) is 19.5. The highest BCUT2D eigenvalue weighted by molar-refractivity contribution is 7.45. The summed E-state index contributed by atoms with van der Waals surface area (Å²) in [5, 5.41) is 0. The van der Waals surface area contributed by atoms with Crippen molar-refractivity contribution in [2.75, 3.05) is 47.5 Å². The Morgan fingerprint density at radius 3 is 1.64 bits per heavy atom. The third-order valence-electron chi connectivity index (χ3n) is 10.4. The van der Waals surface area contributed by atoms with Gasteiger partial charge in [-0.3, -0.25) is 4.57 Å². The lowest BCUT2D eigenvalue weighted by molar-refractivity contribution is -0.870. The van der Waals surface area contributed by atoms with E-state index in [1.165, 1.54) is 60.1 Å². The Morgan fingerprint density at radius 1 is 0.724 bits per heavy atom. The predicted molar refractivity (Wildman–Crippen MR) is 236 cm³/mol. The molecule has 0 bridgehead atoms. The first-order valence-corrected chi connectivity index (χ1v) is 22.0. The van der Waals surface area contributed by atoms with E-state index in [9.17, 15) is 19.0 Å². The molecule has 0 radical (unpaired) electrons. The Hall–Kier alpha value is -3.59. The lowest BCUT2D eigenvalue weighted by Gasteiger charge is -2.33. The lowest BCUT2D eigenvalue weighted by atomic mass is 9.72. The maximum atomic E-state index is 12.9. The average Bonchev–Trinajstić information content (AvgIpc) is 3.07. The minimum Gasteiger partial charge on any atom is -0.756 e. The number of hydrogen-bond donors (Lipinski definition) is 0. The molecule has 0 aromatic heterocycles. The van der Waals surface area contributed by atoms with Crippen LogP contribution in [-0.2, 0) is 32.7 Å². The number of hydrogen-bond acceptors (Lipinski definition) is 8. The first-order chi connectivity index (χ1) is 26.9. The molecule has 58 heavy (non-hydrogen) atoms. The van der Waals surface area contributed by atoms with Gasteiger partial charge in [0.05, 0.1) is 27.7 Å². The third kappa shape index (κ3) is 19.9. The van der Waals surface area contributed by atoms with Gasteiger partial charge in [0, 0.05) is 12.2 Å². The van der Waals surface area contributed by atoms with Gasteiger partial charge in [-0.15, -0.1) is 0 Å². The summed E-state index contributed by atoms with van der Waals surface area (Å²) < 4.78 is 34.0. The molecule has 0 heterocycles. The van der Waals surface area contributed by atoms with Crippen LogP contribution in [0.25, 0.3) is 0 Å². The summed E-state index contributed by atoms with van der Waals surface area (Å²) in [5.41, 5.74) is 9.35. The number of esters is 2. The maximum Gasteiger partial charge on any atom is 0.331 e. The van der Waals surface area contributed by atoms with E-state index in [1.54, 1.807) is 26.0 Å². The topological polar surface area (TPSA) is 111 Å². The van der Waals surface area contributed by atoms with Crippen molar-refractivity contribution in [2.24, 2.45) is 10.8 Å². The molecule has 0 aromatic rings. The van der Waals surface area contributed by atoms with Gasteiger partial charge in [-0.05, 0) is 113 Å². The zero-order chi connectivity index (χ0) is 43.7. The minimum absolute atomic E-state index is 0.0876. The summed E-state index contributed by atoms with van der Waals surface area (Å²) in [7, 11) is 0.973. The van der Waals surface area contributed by atoms with Crippen molar-refractivity contribution in [1.29, 1.82) is 0 Å². The Labute approximate surface area is 350 Å². The number of ether oxygens (including phenoxy) is 2. The molecule has 0 saturated heterocycles. The van der Waals surface area contributed by atoms with Crippen LogP contribution in [0.5, 0.6) is 0 Å². The Balaban J connectivity index is 2.09. The van der Waals surface area contributed by atoms with Gasteiger partial charge < -0.3 is 27.9 Å². The highest BCUT2D eigenvalue weighted by Gasteiger charge is 2.27. The van der Waals surface area contributed by atoms with E-state index in [-0.39, 0.29) is 17.4 Å². The largest absolute Gasteiger partial charge is 0.756 e. The summed E-state index contributed by atoms with van der Waals surface area (Å²) in [5.74, 6) is -1.43. The summed E-state index contributed by atoms with van der Waals surface area (Å²) in [6.45, 7) is 20.5. The second-order valence-electron chi connectivity index (χ2n) is 18.1. The van der Waals surface area contributed by atoms with Crippen LogP contribution >= 0.6 is 7.82 Å². The second kappa shape index (κ2) is 23.3. The summed E-state index contributed by atoms with van der Waals surface area (Å²) in [4.78, 5) is 38.2. The fourth-order valence-electron chi connectivity index (χ4n) is 6.90. The number of carbonyl (C=O) groups excluding carboxylic acids is 2. The maximum absolute atomic E-state index is 12.9. The highest BCUT2D eigenvalue weighted by Crippen LogP contribution is 2.42. The quantitative estimate of drug-likeness (QED) is 0.0392. The van der Waals surface area contributed by atoms with Gasteiger partial charge in [0.25, 0.3) is 7.82 Å². The van der Waals surface area contributed by atoms with Crippen molar-refractivity contribution in [3.05, 3.63) is 117 Å². The molecule has 2 aliphatic carbocycles. The van der Waals surface area contributed by atoms with Crippen LogP contribution < -0.4 is 4.89 Å². The number of quaternary nitrogens is 1. The molecule has 2 atom stereocenters. The van der Waals surface area contributed by atoms with E-state index in [0.29, 0.717) is 22.2 Å². The van der Waals surface area contributed by atoms with Crippen LogP contribution in [0, 0.1) is 10.8 Å². The van der Waals surface area contributed by atoms with E-state index in [4.69, 9.17) is 18.5 Å². The molecule has 0 N–H and O–H groups in total. The van der Waals surface area contributed by atoms with Crippen LogP contribution in [0.3, 0.4) is 0 Å². The average molecular weight is 822 g/mol. The molecular weight excluding hydrogens is 750 g/mol. The molecule has 0 amide bonds. The molecule has 0 fully saturated rings. The molecule has 0 aliphatic heterocycles. The number of phosphoric ester groups is 1. The van der Waals surface area contributed by atoms with Crippen LogP contribution in [-0.4, -0.2) is 70.0 Å². The van der Waals surface area contributed by atoms with E-state index in [1.807, 2.05) is 59.3 Å². The van der Waals surface area contributed by atoms with E-state index in [0.717, 1.165) is 24.0 Å². The lowest BCUT2D eigenvalue weighted by Crippen LogP contribution is -2.37. The SMILES string of the molecule is CC(C=CC1=C(C)CCCC1(C)C)=CC=CC(C)=CC(=O)OC[C@H](COP(=O)([O-])OCC[N+](C)(C)C)OC(=O)C=C(C)C=CC=C(C)C=CC1=C(C)CCCC1(C)C. The van der Waals surface area contributed by atoms with Gasteiger partial charge in [0.2, 0.25) is 0 Å². The van der Waals surface area contributed by atoms with E-state index in [2.05, 4.69) is 65.8 Å². The first-order valence-electron chi connectivity index (χ1n) is 20.5. The summed E-state index contributed by atoms with van der Waals surface area (Å²) >= 11 is 0. The molecule has 0 spiro atoms. The van der Waals surface area contributed by atoms with Crippen LogP contribution in [0.1, 0.15) is 108 Å². The Kier molecular flexibility index (Phi) is 20.3. The minimum atomic E-state index is -4.73. The standard InChI is InChI=1S/C48H72NO8P/c1-36(24-26-43-40(5)22-16-28-47(43,7)8)18-14-20-38(3)32-45(50)54-34-42(35-56-58(52,53)55-31-30-49(11,12)13)57-46(51)33-39(4)21-15-19-37(2)25-27-44-41(6)23-17-29-48(44,9)10/h14-15,18-21,24-27,32-33,42H,16-17,22-23,28-31,34-35H2,1-13H3/t42-/m1/s1. The molecule has 0 aromatic carbocycles.